The van der Waals surface area contributed by atoms with Crippen LogP contribution < -0.4 is 15.5 Å². The number of anilines is 2. The number of likely N-dealkylation sites (N-methyl/N-ethyl adjacent to an activating group) is 1. The van der Waals surface area contributed by atoms with Crippen molar-refractivity contribution in [2.24, 2.45) is 0 Å². The Kier molecular flexibility index (Phi) is 6.39. The first-order chi connectivity index (χ1) is 12.3. The van der Waals surface area contributed by atoms with Crippen molar-refractivity contribution >= 4 is 23.2 Å². The summed E-state index contributed by atoms with van der Waals surface area (Å²) in [7, 11) is 0. The molecule has 2 rings (SSSR count). The Morgan fingerprint density at radius 3 is 2.31 bits per heavy atom. The molecule has 0 aliphatic carbocycles. The van der Waals surface area contributed by atoms with Gasteiger partial charge in [-0.1, -0.05) is 24.3 Å². The monoisotopic (exact) mass is 353 g/mol. The molecule has 0 saturated carbocycles. The fourth-order valence-corrected chi connectivity index (χ4v) is 2.57. The van der Waals surface area contributed by atoms with Crippen molar-refractivity contribution in [2.75, 3.05) is 23.3 Å². The van der Waals surface area contributed by atoms with E-state index >= 15 is 0 Å². The number of nitrogens with zero attached hydrogens (tertiary/aromatic N) is 1. The summed E-state index contributed by atoms with van der Waals surface area (Å²) in [4.78, 5) is 26.5. The van der Waals surface area contributed by atoms with Crippen molar-refractivity contribution in [1.29, 1.82) is 0 Å². The van der Waals surface area contributed by atoms with Crippen molar-refractivity contribution < 1.29 is 9.59 Å². The predicted molar refractivity (Wildman–Crippen MR) is 107 cm³/mol. The first kappa shape index (κ1) is 19.5. The zero-order valence-corrected chi connectivity index (χ0v) is 15.9. The van der Waals surface area contributed by atoms with Crippen LogP contribution in [0.2, 0.25) is 0 Å². The van der Waals surface area contributed by atoms with E-state index in [1.54, 1.807) is 23.1 Å². The summed E-state index contributed by atoms with van der Waals surface area (Å²) >= 11 is 0. The first-order valence-corrected chi connectivity index (χ1v) is 8.82. The van der Waals surface area contributed by atoms with Gasteiger partial charge in [0.25, 0.3) is 5.91 Å². The van der Waals surface area contributed by atoms with Crippen molar-refractivity contribution in [3.05, 3.63) is 60.2 Å². The highest BCUT2D eigenvalue weighted by molar-refractivity contribution is 5.97. The van der Waals surface area contributed by atoms with Gasteiger partial charge in [-0.05, 0) is 58.0 Å². The maximum absolute atomic E-state index is 12.5. The summed E-state index contributed by atoms with van der Waals surface area (Å²) in [5.41, 5.74) is 1.88. The molecule has 2 aromatic rings. The van der Waals surface area contributed by atoms with Gasteiger partial charge >= 0.3 is 0 Å². The lowest BCUT2D eigenvalue weighted by molar-refractivity contribution is -0.116. The summed E-state index contributed by atoms with van der Waals surface area (Å²) in [5, 5.41) is 6.05. The van der Waals surface area contributed by atoms with E-state index in [4.69, 9.17) is 0 Å². The topological polar surface area (TPSA) is 61.4 Å². The van der Waals surface area contributed by atoms with Gasteiger partial charge in [-0.2, -0.15) is 0 Å². The molecule has 0 atom stereocenters. The van der Waals surface area contributed by atoms with Crippen LogP contribution in [-0.4, -0.2) is 30.4 Å². The number of amides is 2. The van der Waals surface area contributed by atoms with Crippen molar-refractivity contribution in [3.63, 3.8) is 0 Å². The van der Waals surface area contributed by atoms with Gasteiger partial charge in [0.05, 0.1) is 6.54 Å². The third-order valence-corrected chi connectivity index (χ3v) is 3.74. The lowest BCUT2D eigenvalue weighted by Gasteiger charge is -2.22. The third-order valence-electron chi connectivity index (χ3n) is 3.74. The van der Waals surface area contributed by atoms with Gasteiger partial charge in [0.1, 0.15) is 0 Å². The van der Waals surface area contributed by atoms with Gasteiger partial charge in [0.2, 0.25) is 5.91 Å². The third kappa shape index (κ3) is 5.62. The Morgan fingerprint density at radius 2 is 1.69 bits per heavy atom. The normalized spacial score (nSPS) is 10.9. The molecule has 0 bridgehead atoms. The highest BCUT2D eigenvalue weighted by atomic mass is 16.2. The van der Waals surface area contributed by atoms with Crippen molar-refractivity contribution in [1.82, 2.24) is 5.32 Å². The molecule has 0 aliphatic heterocycles. The van der Waals surface area contributed by atoms with E-state index in [0.29, 0.717) is 12.1 Å². The molecular weight excluding hydrogens is 326 g/mol. The SMILES string of the molecule is CCN(C(=O)CNc1cccc(C(=O)NC(C)(C)C)c1)c1ccccc1. The maximum atomic E-state index is 12.5. The standard InChI is InChI=1S/C21H27N3O2/c1-5-24(18-12-7-6-8-13-18)19(25)15-22-17-11-9-10-16(14-17)20(26)23-21(2,3)4/h6-14,22H,5,15H2,1-4H3,(H,23,26). The zero-order chi connectivity index (χ0) is 19.2. The zero-order valence-electron chi connectivity index (χ0n) is 15.9. The minimum Gasteiger partial charge on any atom is -0.376 e. The molecule has 0 spiro atoms. The van der Waals surface area contributed by atoms with Gasteiger partial charge in [-0.25, -0.2) is 0 Å². The molecule has 0 aliphatic rings. The summed E-state index contributed by atoms with van der Waals surface area (Å²) < 4.78 is 0. The molecule has 0 fully saturated rings. The van der Waals surface area contributed by atoms with Gasteiger partial charge in [0, 0.05) is 29.0 Å². The molecular formula is C21H27N3O2. The highest BCUT2D eigenvalue weighted by Gasteiger charge is 2.16. The van der Waals surface area contributed by atoms with Crippen LogP contribution in [-0.2, 0) is 4.79 Å². The number of benzene rings is 2. The van der Waals surface area contributed by atoms with E-state index in [9.17, 15) is 9.59 Å². The molecule has 0 saturated heterocycles. The van der Waals surface area contributed by atoms with Crippen molar-refractivity contribution in [2.45, 2.75) is 33.2 Å². The fourth-order valence-electron chi connectivity index (χ4n) is 2.57. The number of nitrogens with one attached hydrogen (secondary N) is 2. The van der Waals surface area contributed by atoms with E-state index in [-0.39, 0.29) is 23.9 Å². The fraction of sp³-hybridized carbons (Fsp3) is 0.333. The van der Waals surface area contributed by atoms with Crippen LogP contribution in [0.4, 0.5) is 11.4 Å². The average Bonchev–Trinajstić information content (AvgIpc) is 2.60. The Morgan fingerprint density at radius 1 is 1.00 bits per heavy atom. The van der Waals surface area contributed by atoms with Crippen LogP contribution in [0.1, 0.15) is 38.1 Å². The number of hydrogen-bond acceptors (Lipinski definition) is 3. The molecule has 138 valence electrons. The summed E-state index contributed by atoms with van der Waals surface area (Å²) in [6.45, 7) is 8.52. The molecule has 5 nitrogen and oxygen atoms in total. The molecule has 26 heavy (non-hydrogen) atoms. The van der Waals surface area contributed by atoms with Crippen LogP contribution in [0, 0.1) is 0 Å². The molecule has 0 heterocycles. The summed E-state index contributed by atoms with van der Waals surface area (Å²) in [6, 6.07) is 16.8. The maximum Gasteiger partial charge on any atom is 0.251 e. The van der Waals surface area contributed by atoms with E-state index < -0.39 is 0 Å². The number of hydrogen-bond donors (Lipinski definition) is 2. The Bertz CT molecular complexity index is 751. The largest absolute Gasteiger partial charge is 0.376 e. The number of carbonyl (C=O) groups excluding carboxylic acids is 2. The van der Waals surface area contributed by atoms with Crippen LogP contribution in [0.5, 0.6) is 0 Å². The quantitative estimate of drug-likeness (QED) is 0.833. The number of para-hydroxylation sites is 1. The van der Waals surface area contributed by atoms with E-state index in [2.05, 4.69) is 10.6 Å². The molecule has 0 aromatic heterocycles. The van der Waals surface area contributed by atoms with Gasteiger partial charge < -0.3 is 15.5 Å². The molecule has 5 heteroatoms. The first-order valence-electron chi connectivity index (χ1n) is 8.82. The summed E-state index contributed by atoms with van der Waals surface area (Å²) in [5.74, 6) is -0.157. The second-order valence-electron chi connectivity index (χ2n) is 7.11. The van der Waals surface area contributed by atoms with E-state index in [1.165, 1.54) is 0 Å². The Hall–Kier alpha value is -2.82. The minimum absolute atomic E-state index is 0.0248. The van der Waals surface area contributed by atoms with Gasteiger partial charge in [0.15, 0.2) is 0 Å². The van der Waals surface area contributed by atoms with Crippen LogP contribution in [0.25, 0.3) is 0 Å². The lowest BCUT2D eigenvalue weighted by Crippen LogP contribution is -2.40. The molecule has 0 radical (unpaired) electrons. The molecule has 2 aromatic carbocycles. The predicted octanol–water partition coefficient (Wildman–Crippen LogP) is 3.68. The Balaban J connectivity index is 2.02. The molecule has 2 N–H and O–H groups in total. The second kappa shape index (κ2) is 8.52. The van der Waals surface area contributed by atoms with Crippen molar-refractivity contribution in [3.8, 4) is 0 Å². The smallest absolute Gasteiger partial charge is 0.251 e. The number of carbonyl (C=O) groups is 2. The number of rotatable bonds is 6. The van der Waals surface area contributed by atoms with E-state index in [1.807, 2.05) is 64.1 Å². The molecule has 0 unspecified atom stereocenters. The Labute approximate surface area is 155 Å². The van der Waals surface area contributed by atoms with Gasteiger partial charge in [-0.3, -0.25) is 9.59 Å². The van der Waals surface area contributed by atoms with Crippen LogP contribution in [0.3, 0.4) is 0 Å². The van der Waals surface area contributed by atoms with Crippen LogP contribution >= 0.6 is 0 Å². The summed E-state index contributed by atoms with van der Waals surface area (Å²) in [6.07, 6.45) is 0. The van der Waals surface area contributed by atoms with E-state index in [0.717, 1.165) is 11.4 Å². The lowest BCUT2D eigenvalue weighted by atomic mass is 10.1. The molecule has 2 amide bonds. The minimum atomic E-state index is -0.298. The van der Waals surface area contributed by atoms with Gasteiger partial charge in [-0.15, -0.1) is 0 Å². The second-order valence-corrected chi connectivity index (χ2v) is 7.11. The highest BCUT2D eigenvalue weighted by Crippen LogP contribution is 2.15. The average molecular weight is 353 g/mol. The van der Waals surface area contributed by atoms with Crippen LogP contribution in [0.15, 0.2) is 54.6 Å².